The highest BCUT2D eigenvalue weighted by Gasteiger charge is 2.37. The van der Waals surface area contributed by atoms with Gasteiger partial charge in [-0.1, -0.05) is 0 Å². The summed E-state index contributed by atoms with van der Waals surface area (Å²) in [4.78, 5) is 2.22. The highest BCUT2D eigenvalue weighted by atomic mass is 19.4. The van der Waals surface area contributed by atoms with E-state index < -0.39 is 17.6 Å². The van der Waals surface area contributed by atoms with Gasteiger partial charge in [-0.05, 0) is 26.1 Å². The number of allylic oxidation sites excluding steroid dienone is 1. The molecule has 152 valence electrons. The van der Waals surface area contributed by atoms with E-state index in [9.17, 15) is 17.6 Å². The van der Waals surface area contributed by atoms with Crippen molar-refractivity contribution in [3.05, 3.63) is 41.7 Å². The molecule has 1 aliphatic heterocycles. The topological polar surface area (TPSA) is 60.0 Å². The minimum atomic E-state index is -4.82. The van der Waals surface area contributed by atoms with E-state index >= 15 is 0 Å². The van der Waals surface area contributed by atoms with Gasteiger partial charge in [-0.25, -0.2) is 4.39 Å². The lowest BCUT2D eigenvalue weighted by Crippen LogP contribution is -2.55. The summed E-state index contributed by atoms with van der Waals surface area (Å²) in [7, 11) is 4.12. The zero-order valence-electron chi connectivity index (χ0n) is 16.0. The van der Waals surface area contributed by atoms with Crippen LogP contribution in [-0.2, 0) is 6.18 Å². The average molecular weight is 399 g/mol. The number of likely N-dealkylation sites (N-methyl/N-ethyl adjacent to an activating group) is 2. The summed E-state index contributed by atoms with van der Waals surface area (Å²) in [5, 5.41) is 8.06. The SMILES string of the molecule is CC=C(c1nncn1-c1cc(F)c(C(F)(F)F)cc1N)[N+]1(C)CCN(C)CC1. The Morgan fingerprint density at radius 1 is 1.25 bits per heavy atom. The van der Waals surface area contributed by atoms with Crippen molar-refractivity contribution < 1.29 is 22.0 Å². The summed E-state index contributed by atoms with van der Waals surface area (Å²) in [5.74, 6) is -0.959. The molecule has 0 unspecified atom stereocenters. The van der Waals surface area contributed by atoms with E-state index in [0.29, 0.717) is 16.4 Å². The van der Waals surface area contributed by atoms with Gasteiger partial charge in [0.15, 0.2) is 5.70 Å². The first-order valence-electron chi connectivity index (χ1n) is 8.84. The molecule has 1 aliphatic rings. The van der Waals surface area contributed by atoms with E-state index in [-0.39, 0.29) is 11.4 Å². The Balaban J connectivity index is 2.06. The van der Waals surface area contributed by atoms with Crippen LogP contribution in [0.25, 0.3) is 11.4 Å². The Hall–Kier alpha value is -2.46. The quantitative estimate of drug-likeness (QED) is 0.490. The number of nitrogens with two attached hydrogens (primary N) is 1. The first-order chi connectivity index (χ1) is 13.1. The lowest BCUT2D eigenvalue weighted by molar-refractivity contribution is -0.844. The highest BCUT2D eigenvalue weighted by Crippen LogP contribution is 2.36. The summed E-state index contributed by atoms with van der Waals surface area (Å²) >= 11 is 0. The van der Waals surface area contributed by atoms with Gasteiger partial charge in [0.05, 0.1) is 37.1 Å². The molecule has 0 radical (unpaired) electrons. The lowest BCUT2D eigenvalue weighted by atomic mass is 10.1. The van der Waals surface area contributed by atoms with E-state index in [1.807, 2.05) is 20.0 Å². The van der Waals surface area contributed by atoms with Crippen molar-refractivity contribution >= 4 is 11.4 Å². The minimum Gasteiger partial charge on any atom is -0.397 e. The first kappa shape index (κ1) is 20.3. The Labute approximate surface area is 160 Å². The molecule has 28 heavy (non-hydrogen) atoms. The number of quaternary nitrogens is 1. The molecule has 6 nitrogen and oxygen atoms in total. The molecule has 0 saturated carbocycles. The maximum atomic E-state index is 14.2. The summed E-state index contributed by atoms with van der Waals surface area (Å²) in [6, 6.07) is 1.39. The average Bonchev–Trinajstić information content (AvgIpc) is 3.08. The molecule has 1 saturated heterocycles. The number of hydrogen-bond acceptors (Lipinski definition) is 4. The van der Waals surface area contributed by atoms with Gasteiger partial charge >= 0.3 is 6.18 Å². The van der Waals surface area contributed by atoms with Crippen LogP contribution < -0.4 is 5.73 Å². The molecule has 1 fully saturated rings. The second kappa shape index (κ2) is 7.17. The summed E-state index contributed by atoms with van der Waals surface area (Å²) in [6.07, 6.45) is -1.58. The van der Waals surface area contributed by atoms with Crippen molar-refractivity contribution in [1.29, 1.82) is 0 Å². The molecule has 0 aliphatic carbocycles. The molecule has 10 heteroatoms. The van der Waals surface area contributed by atoms with Gasteiger partial charge in [0.1, 0.15) is 12.1 Å². The van der Waals surface area contributed by atoms with Crippen molar-refractivity contribution in [2.24, 2.45) is 0 Å². The van der Waals surface area contributed by atoms with E-state index in [1.165, 1.54) is 10.9 Å². The second-order valence-electron chi connectivity index (χ2n) is 7.23. The third-order valence-electron chi connectivity index (χ3n) is 5.26. The molecular weight excluding hydrogens is 376 g/mol. The van der Waals surface area contributed by atoms with Gasteiger partial charge in [0, 0.05) is 19.2 Å². The van der Waals surface area contributed by atoms with Gasteiger partial charge < -0.3 is 5.73 Å². The molecule has 3 rings (SSSR count). The summed E-state index contributed by atoms with van der Waals surface area (Å²) < 4.78 is 55.0. The number of piperazine rings is 1. The van der Waals surface area contributed by atoms with Crippen LogP contribution in [0, 0.1) is 5.82 Å². The molecule has 0 atom stereocenters. The van der Waals surface area contributed by atoms with Crippen LogP contribution >= 0.6 is 0 Å². The van der Waals surface area contributed by atoms with Crippen LogP contribution in [0.2, 0.25) is 0 Å². The molecular formula is C18H23F4N6+. The molecule has 1 aromatic carbocycles. The molecule has 0 amide bonds. The summed E-state index contributed by atoms with van der Waals surface area (Å²) in [6.45, 7) is 5.31. The number of nitrogen functional groups attached to an aromatic ring is 1. The summed E-state index contributed by atoms with van der Waals surface area (Å²) in [5.41, 5.74) is 5.17. The highest BCUT2D eigenvalue weighted by molar-refractivity contribution is 5.64. The normalized spacial score (nSPS) is 18.5. The number of benzene rings is 1. The molecule has 2 N–H and O–H groups in total. The Kier molecular flexibility index (Phi) is 5.20. The van der Waals surface area contributed by atoms with Crippen LogP contribution in [-0.4, -0.2) is 64.4 Å². The largest absolute Gasteiger partial charge is 0.419 e. The van der Waals surface area contributed by atoms with Crippen LogP contribution in [0.4, 0.5) is 23.2 Å². The minimum absolute atomic E-state index is 0.0746. The third kappa shape index (κ3) is 3.61. The Bertz CT molecular complexity index is 894. The van der Waals surface area contributed by atoms with Crippen LogP contribution in [0.15, 0.2) is 24.5 Å². The zero-order valence-corrected chi connectivity index (χ0v) is 16.0. The van der Waals surface area contributed by atoms with Crippen LogP contribution in [0.1, 0.15) is 18.3 Å². The first-order valence-corrected chi connectivity index (χ1v) is 8.84. The fraction of sp³-hybridized carbons (Fsp3) is 0.444. The van der Waals surface area contributed by atoms with Gasteiger partial charge in [-0.3, -0.25) is 14.0 Å². The smallest absolute Gasteiger partial charge is 0.397 e. The lowest BCUT2D eigenvalue weighted by Gasteiger charge is -2.41. The monoisotopic (exact) mass is 399 g/mol. The Morgan fingerprint density at radius 2 is 1.89 bits per heavy atom. The van der Waals surface area contributed by atoms with Crippen molar-refractivity contribution in [3.63, 3.8) is 0 Å². The number of rotatable bonds is 3. The van der Waals surface area contributed by atoms with Crippen molar-refractivity contribution in [3.8, 4) is 5.69 Å². The predicted octanol–water partition coefficient (Wildman–Crippen LogP) is 2.76. The molecule has 0 bridgehead atoms. The van der Waals surface area contributed by atoms with Gasteiger partial charge in [-0.2, -0.15) is 13.2 Å². The number of nitrogens with zero attached hydrogens (tertiary/aromatic N) is 5. The Morgan fingerprint density at radius 3 is 2.46 bits per heavy atom. The van der Waals surface area contributed by atoms with Crippen molar-refractivity contribution in [1.82, 2.24) is 19.7 Å². The molecule has 0 spiro atoms. The maximum Gasteiger partial charge on any atom is 0.419 e. The number of halogens is 4. The number of alkyl halides is 3. The molecule has 2 heterocycles. The van der Waals surface area contributed by atoms with Crippen molar-refractivity contribution in [2.75, 3.05) is 46.0 Å². The maximum absolute atomic E-state index is 14.2. The van der Waals surface area contributed by atoms with E-state index in [0.717, 1.165) is 37.9 Å². The van der Waals surface area contributed by atoms with E-state index in [4.69, 9.17) is 5.73 Å². The van der Waals surface area contributed by atoms with Gasteiger partial charge in [0.25, 0.3) is 0 Å². The number of hydrogen-bond donors (Lipinski definition) is 1. The van der Waals surface area contributed by atoms with Gasteiger partial charge in [-0.15, -0.1) is 10.2 Å². The predicted molar refractivity (Wildman–Crippen MR) is 97.8 cm³/mol. The number of anilines is 1. The number of aromatic nitrogens is 3. The van der Waals surface area contributed by atoms with Crippen molar-refractivity contribution in [2.45, 2.75) is 13.1 Å². The van der Waals surface area contributed by atoms with E-state index in [1.54, 1.807) is 0 Å². The fourth-order valence-corrected chi connectivity index (χ4v) is 3.52. The van der Waals surface area contributed by atoms with E-state index in [2.05, 4.69) is 22.1 Å². The third-order valence-corrected chi connectivity index (χ3v) is 5.26. The van der Waals surface area contributed by atoms with Gasteiger partial charge in [0.2, 0.25) is 5.82 Å². The fourth-order valence-electron chi connectivity index (χ4n) is 3.52. The second-order valence-corrected chi connectivity index (χ2v) is 7.23. The van der Waals surface area contributed by atoms with Crippen LogP contribution in [0.5, 0.6) is 0 Å². The van der Waals surface area contributed by atoms with Crippen LogP contribution in [0.3, 0.4) is 0 Å². The standard InChI is InChI=1S/C18H23F4N6/c1-4-16(28(3)7-5-26(2)6-8-28)17-25-24-11-27(17)15-10-13(19)12(9-14(15)23)18(20,21)22/h4,9-11H,5-8,23H2,1-3H3/q+1. The molecule has 2 aromatic rings. The zero-order chi connectivity index (χ0) is 20.7. The molecule has 1 aromatic heterocycles.